The maximum Gasteiger partial charge on any atom is 0.443 e. The minimum absolute atomic E-state index is 0.414. The molecule has 1 aromatic heterocycles. The third kappa shape index (κ3) is 1.47. The summed E-state index contributed by atoms with van der Waals surface area (Å²) in [6, 6.07) is 0. The van der Waals surface area contributed by atoms with E-state index in [9.17, 15) is 13.2 Å². The first-order valence-electron chi connectivity index (χ1n) is 2.49. The van der Waals surface area contributed by atoms with Crippen molar-refractivity contribution < 1.29 is 13.2 Å². The summed E-state index contributed by atoms with van der Waals surface area (Å²) in [6.07, 6.45) is -4.28. The molecule has 0 aliphatic heterocycles. The molecule has 0 amide bonds. The largest absolute Gasteiger partial charge is 0.443 e. The lowest BCUT2D eigenvalue weighted by molar-refractivity contribution is -0.137. The number of alkyl halides is 3. The number of hydrogen-bond donors (Lipinski definition) is 0. The minimum Gasteiger partial charge on any atom is -0.238 e. The Hall–Kier alpha value is -0.580. The van der Waals surface area contributed by atoms with Crippen LogP contribution in [0.5, 0.6) is 0 Å². The molecule has 0 aromatic carbocycles. The zero-order valence-electron chi connectivity index (χ0n) is 5.07. The Morgan fingerprint density at radius 1 is 1.50 bits per heavy atom. The van der Waals surface area contributed by atoms with Crippen molar-refractivity contribution in [3.63, 3.8) is 0 Å². The van der Waals surface area contributed by atoms with Gasteiger partial charge in [-0.15, -0.1) is 11.3 Å². The molecule has 1 rings (SSSR count). The highest BCUT2D eigenvalue weighted by Gasteiger charge is 2.33. The van der Waals surface area contributed by atoms with E-state index in [2.05, 4.69) is 4.98 Å². The van der Waals surface area contributed by atoms with Gasteiger partial charge in [0, 0.05) is 11.1 Å². The van der Waals surface area contributed by atoms with Crippen molar-refractivity contribution in [3.05, 3.63) is 16.1 Å². The Balaban J connectivity index is 2.96. The van der Waals surface area contributed by atoms with Gasteiger partial charge in [0.2, 0.25) is 0 Å². The summed E-state index contributed by atoms with van der Waals surface area (Å²) >= 11 is 0.620. The third-order valence-electron chi connectivity index (χ3n) is 0.862. The van der Waals surface area contributed by atoms with Crippen molar-refractivity contribution in [2.45, 2.75) is 13.1 Å². The van der Waals surface area contributed by atoms with Gasteiger partial charge in [0.15, 0.2) is 5.01 Å². The Labute approximate surface area is 59.5 Å². The molecule has 0 atom stereocenters. The van der Waals surface area contributed by atoms with Crippen LogP contribution < -0.4 is 0 Å². The van der Waals surface area contributed by atoms with Gasteiger partial charge < -0.3 is 0 Å². The molecule has 56 valence electrons. The normalized spacial score (nSPS) is 12.0. The molecule has 0 fully saturated rings. The molecule has 10 heavy (non-hydrogen) atoms. The van der Waals surface area contributed by atoms with Crippen LogP contribution in [0.3, 0.4) is 0 Å². The summed E-state index contributed by atoms with van der Waals surface area (Å²) in [6.45, 7) is 1.53. The van der Waals surface area contributed by atoms with Gasteiger partial charge in [-0.25, -0.2) is 4.98 Å². The molecule has 0 unspecified atom stereocenters. The topological polar surface area (TPSA) is 12.9 Å². The quantitative estimate of drug-likeness (QED) is 0.578. The van der Waals surface area contributed by atoms with Gasteiger partial charge in [0.1, 0.15) is 0 Å². The Kier molecular flexibility index (Phi) is 1.68. The third-order valence-corrected chi connectivity index (χ3v) is 1.87. The van der Waals surface area contributed by atoms with Gasteiger partial charge in [0.25, 0.3) is 0 Å². The van der Waals surface area contributed by atoms with E-state index < -0.39 is 11.2 Å². The molecule has 0 spiro atoms. The first-order valence-corrected chi connectivity index (χ1v) is 3.37. The van der Waals surface area contributed by atoms with E-state index in [-0.39, 0.29) is 0 Å². The molecule has 0 aliphatic rings. The van der Waals surface area contributed by atoms with Crippen molar-refractivity contribution in [2.24, 2.45) is 0 Å². The standard InChI is InChI=1S/C5H4F3NS/c1-3-2-10-4(9-3)5(6,7)8/h2H,1H3. The van der Waals surface area contributed by atoms with Crippen LogP contribution in [0, 0.1) is 6.92 Å². The van der Waals surface area contributed by atoms with E-state index in [1.54, 1.807) is 0 Å². The van der Waals surface area contributed by atoms with Gasteiger partial charge in [-0.1, -0.05) is 0 Å². The zero-order chi connectivity index (χ0) is 7.78. The number of nitrogens with zero attached hydrogens (tertiary/aromatic N) is 1. The smallest absolute Gasteiger partial charge is 0.238 e. The average molecular weight is 167 g/mol. The fraction of sp³-hybridized carbons (Fsp3) is 0.400. The second kappa shape index (κ2) is 2.23. The van der Waals surface area contributed by atoms with Gasteiger partial charge in [-0.3, -0.25) is 0 Å². The minimum atomic E-state index is -4.28. The molecule has 0 saturated heterocycles. The summed E-state index contributed by atoms with van der Waals surface area (Å²) < 4.78 is 35.2. The number of thiazole rings is 1. The van der Waals surface area contributed by atoms with E-state index in [4.69, 9.17) is 0 Å². The molecule has 0 aliphatic carbocycles. The SMILES string of the molecule is Cc1csc(C(F)(F)F)n1. The van der Waals surface area contributed by atoms with E-state index in [1.165, 1.54) is 12.3 Å². The molecule has 0 radical (unpaired) electrons. The monoisotopic (exact) mass is 167 g/mol. The van der Waals surface area contributed by atoms with Crippen LogP contribution in [0.4, 0.5) is 13.2 Å². The molecule has 1 aromatic rings. The highest BCUT2D eigenvalue weighted by molar-refractivity contribution is 7.09. The summed E-state index contributed by atoms with van der Waals surface area (Å²) in [5, 5.41) is 0.605. The van der Waals surface area contributed by atoms with Gasteiger partial charge in [0.05, 0.1) is 0 Å². The molecular formula is C5H4F3NS. The Bertz CT molecular complexity index is 227. The summed E-state index contributed by atoms with van der Waals surface area (Å²) in [5.74, 6) is 0. The average Bonchev–Trinajstić information content (AvgIpc) is 2.11. The number of halogens is 3. The maximum atomic E-state index is 11.7. The lowest BCUT2D eigenvalue weighted by Gasteiger charge is -1.98. The molecule has 0 N–H and O–H groups in total. The van der Waals surface area contributed by atoms with Gasteiger partial charge >= 0.3 is 6.18 Å². The van der Waals surface area contributed by atoms with Crippen molar-refractivity contribution in [3.8, 4) is 0 Å². The lowest BCUT2D eigenvalue weighted by Crippen LogP contribution is -2.03. The van der Waals surface area contributed by atoms with Crippen LogP contribution in [0.25, 0.3) is 0 Å². The molecule has 1 heterocycles. The number of aromatic nitrogens is 1. The highest BCUT2D eigenvalue weighted by Crippen LogP contribution is 2.31. The van der Waals surface area contributed by atoms with Crippen LogP contribution in [0.2, 0.25) is 0 Å². The van der Waals surface area contributed by atoms with Crippen LogP contribution in [-0.4, -0.2) is 4.98 Å². The fourth-order valence-corrected chi connectivity index (χ4v) is 1.15. The molecule has 1 nitrogen and oxygen atoms in total. The second-order valence-electron chi connectivity index (χ2n) is 1.79. The second-order valence-corrected chi connectivity index (χ2v) is 2.65. The number of hydrogen-bond acceptors (Lipinski definition) is 2. The predicted molar refractivity (Wildman–Crippen MR) is 31.9 cm³/mol. The van der Waals surface area contributed by atoms with E-state index in [1.807, 2.05) is 0 Å². The van der Waals surface area contributed by atoms with Crippen molar-refractivity contribution >= 4 is 11.3 Å². The summed E-state index contributed by atoms with van der Waals surface area (Å²) in [5.41, 5.74) is 0.414. The molecule has 0 bridgehead atoms. The van der Waals surface area contributed by atoms with Crippen LogP contribution >= 0.6 is 11.3 Å². The Morgan fingerprint density at radius 2 is 2.10 bits per heavy atom. The zero-order valence-corrected chi connectivity index (χ0v) is 5.88. The lowest BCUT2D eigenvalue weighted by atomic mass is 10.6. The fourth-order valence-electron chi connectivity index (χ4n) is 0.484. The highest BCUT2D eigenvalue weighted by atomic mass is 32.1. The van der Waals surface area contributed by atoms with Crippen LogP contribution in [0.15, 0.2) is 5.38 Å². The first-order chi connectivity index (χ1) is 4.50. The van der Waals surface area contributed by atoms with Crippen LogP contribution in [0.1, 0.15) is 10.7 Å². The number of rotatable bonds is 0. The van der Waals surface area contributed by atoms with E-state index in [0.717, 1.165) is 0 Å². The molecular weight excluding hydrogens is 163 g/mol. The molecule has 0 saturated carbocycles. The molecule has 5 heteroatoms. The van der Waals surface area contributed by atoms with Crippen LogP contribution in [-0.2, 0) is 6.18 Å². The number of aryl methyl sites for hydroxylation is 1. The van der Waals surface area contributed by atoms with Crippen molar-refractivity contribution in [1.82, 2.24) is 4.98 Å². The first kappa shape index (κ1) is 7.53. The van der Waals surface area contributed by atoms with Crippen molar-refractivity contribution in [2.75, 3.05) is 0 Å². The van der Waals surface area contributed by atoms with Gasteiger partial charge in [-0.2, -0.15) is 13.2 Å². The summed E-state index contributed by atoms with van der Waals surface area (Å²) in [4.78, 5) is 3.28. The maximum absolute atomic E-state index is 11.7. The van der Waals surface area contributed by atoms with Gasteiger partial charge in [-0.05, 0) is 6.92 Å². The Morgan fingerprint density at radius 3 is 2.30 bits per heavy atom. The van der Waals surface area contributed by atoms with E-state index >= 15 is 0 Å². The van der Waals surface area contributed by atoms with E-state index in [0.29, 0.717) is 17.0 Å². The predicted octanol–water partition coefficient (Wildman–Crippen LogP) is 2.47. The van der Waals surface area contributed by atoms with Crippen molar-refractivity contribution in [1.29, 1.82) is 0 Å². The summed E-state index contributed by atoms with van der Waals surface area (Å²) in [7, 11) is 0.